The summed E-state index contributed by atoms with van der Waals surface area (Å²) in [6.45, 7) is 2.86. The van der Waals surface area contributed by atoms with E-state index >= 15 is 0 Å². The number of anilines is 1. The number of H-pyrrole nitrogens is 1. The number of amides is 1. The number of nitrogens with zero attached hydrogens (tertiary/aromatic N) is 4. The molecule has 0 bridgehead atoms. The van der Waals surface area contributed by atoms with Crippen LogP contribution >= 0.6 is 15.9 Å². The largest absolute Gasteiger partial charge is 0.353 e. The first-order chi connectivity index (χ1) is 11.7. The average Bonchev–Trinajstić information content (AvgIpc) is 3.06. The van der Waals surface area contributed by atoms with Crippen LogP contribution in [0.2, 0.25) is 0 Å². The van der Waals surface area contributed by atoms with Crippen molar-refractivity contribution in [3.63, 3.8) is 0 Å². The summed E-state index contributed by atoms with van der Waals surface area (Å²) in [6, 6.07) is 11.7. The summed E-state index contributed by atoms with van der Waals surface area (Å²) in [6.07, 6.45) is 1.79. The van der Waals surface area contributed by atoms with Gasteiger partial charge in [0.25, 0.3) is 5.91 Å². The summed E-state index contributed by atoms with van der Waals surface area (Å²) in [5.41, 5.74) is 1.39. The van der Waals surface area contributed by atoms with Gasteiger partial charge in [-0.2, -0.15) is 5.10 Å². The van der Waals surface area contributed by atoms with E-state index < -0.39 is 0 Å². The molecule has 3 aromatic rings. The van der Waals surface area contributed by atoms with E-state index in [1.54, 1.807) is 6.20 Å². The standard InChI is InChI=1S/C17H16BrN5O/c18-12-5-6-15(19-11-12)22-7-9-23(10-8-22)17(24)16-13-3-1-2-4-14(13)20-21-16/h1-6,11H,7-10H2,(H,20,21). The maximum Gasteiger partial charge on any atom is 0.275 e. The molecule has 4 rings (SSSR count). The van der Waals surface area contributed by atoms with Crippen molar-refractivity contribution in [2.24, 2.45) is 0 Å². The third-order valence-electron chi connectivity index (χ3n) is 4.28. The number of carbonyl (C=O) groups excluding carboxylic acids is 1. The molecular formula is C17H16BrN5O. The number of carbonyl (C=O) groups is 1. The Morgan fingerprint density at radius 3 is 2.62 bits per heavy atom. The number of aromatic amines is 1. The lowest BCUT2D eigenvalue weighted by Crippen LogP contribution is -2.49. The first kappa shape index (κ1) is 15.1. The van der Waals surface area contributed by atoms with Gasteiger partial charge < -0.3 is 9.80 Å². The Kier molecular flexibility index (Phi) is 3.93. The smallest absolute Gasteiger partial charge is 0.275 e. The van der Waals surface area contributed by atoms with Crippen molar-refractivity contribution < 1.29 is 4.79 Å². The van der Waals surface area contributed by atoms with Crippen molar-refractivity contribution in [1.29, 1.82) is 0 Å². The Balaban J connectivity index is 1.47. The maximum absolute atomic E-state index is 12.8. The molecule has 0 aliphatic carbocycles. The number of pyridine rings is 1. The van der Waals surface area contributed by atoms with E-state index in [0.29, 0.717) is 18.8 Å². The number of hydrogen-bond donors (Lipinski definition) is 1. The molecular weight excluding hydrogens is 370 g/mol. The molecule has 7 heteroatoms. The van der Waals surface area contributed by atoms with Crippen LogP contribution in [-0.2, 0) is 0 Å². The highest BCUT2D eigenvalue weighted by molar-refractivity contribution is 9.10. The second-order valence-corrected chi connectivity index (χ2v) is 6.65. The first-order valence-corrected chi connectivity index (χ1v) is 8.60. The van der Waals surface area contributed by atoms with Crippen molar-refractivity contribution >= 4 is 38.6 Å². The van der Waals surface area contributed by atoms with Crippen LogP contribution < -0.4 is 4.90 Å². The number of aromatic nitrogens is 3. The Hall–Kier alpha value is -2.41. The van der Waals surface area contributed by atoms with Gasteiger partial charge in [-0.3, -0.25) is 9.89 Å². The molecule has 24 heavy (non-hydrogen) atoms. The Morgan fingerprint density at radius 2 is 1.88 bits per heavy atom. The number of rotatable bonds is 2. The minimum absolute atomic E-state index is 0.0177. The van der Waals surface area contributed by atoms with E-state index in [4.69, 9.17) is 0 Å². The second-order valence-electron chi connectivity index (χ2n) is 5.73. The number of para-hydroxylation sites is 1. The predicted octanol–water partition coefficient (Wildman–Crippen LogP) is 2.68. The third-order valence-corrected chi connectivity index (χ3v) is 4.74. The molecule has 0 unspecified atom stereocenters. The van der Waals surface area contributed by atoms with E-state index in [-0.39, 0.29) is 5.91 Å². The summed E-state index contributed by atoms with van der Waals surface area (Å²) in [7, 11) is 0. The van der Waals surface area contributed by atoms with E-state index in [0.717, 1.165) is 34.3 Å². The average molecular weight is 386 g/mol. The highest BCUT2D eigenvalue weighted by Gasteiger charge is 2.25. The molecule has 3 heterocycles. The minimum atomic E-state index is -0.0177. The van der Waals surface area contributed by atoms with Crippen molar-refractivity contribution in [2.45, 2.75) is 0 Å². The fourth-order valence-electron chi connectivity index (χ4n) is 2.97. The lowest BCUT2D eigenvalue weighted by Gasteiger charge is -2.35. The lowest BCUT2D eigenvalue weighted by atomic mass is 10.2. The molecule has 1 N–H and O–H groups in total. The van der Waals surface area contributed by atoms with Crippen molar-refractivity contribution in [3.05, 3.63) is 52.8 Å². The van der Waals surface area contributed by atoms with Crippen LogP contribution in [0.15, 0.2) is 47.1 Å². The molecule has 0 atom stereocenters. The van der Waals surface area contributed by atoms with Gasteiger partial charge in [0.15, 0.2) is 5.69 Å². The van der Waals surface area contributed by atoms with Gasteiger partial charge in [0.2, 0.25) is 0 Å². The monoisotopic (exact) mass is 385 g/mol. The van der Waals surface area contributed by atoms with E-state index in [2.05, 4.69) is 36.0 Å². The third kappa shape index (κ3) is 2.75. The van der Waals surface area contributed by atoms with Crippen LogP contribution in [0.5, 0.6) is 0 Å². The zero-order valence-electron chi connectivity index (χ0n) is 12.9. The molecule has 0 spiro atoms. The number of piperazine rings is 1. The number of halogens is 1. The fourth-order valence-corrected chi connectivity index (χ4v) is 3.20. The summed E-state index contributed by atoms with van der Waals surface area (Å²) in [5, 5.41) is 8.01. The number of benzene rings is 1. The van der Waals surface area contributed by atoms with Crippen LogP contribution in [0.25, 0.3) is 10.9 Å². The van der Waals surface area contributed by atoms with Gasteiger partial charge in [-0.15, -0.1) is 0 Å². The maximum atomic E-state index is 12.8. The lowest BCUT2D eigenvalue weighted by molar-refractivity contribution is 0.0742. The SMILES string of the molecule is O=C(c1n[nH]c2ccccc12)N1CCN(c2ccc(Br)cn2)CC1. The summed E-state index contributed by atoms with van der Waals surface area (Å²) < 4.78 is 0.963. The molecule has 6 nitrogen and oxygen atoms in total. The molecule has 0 saturated carbocycles. The molecule has 1 saturated heterocycles. The van der Waals surface area contributed by atoms with Crippen molar-refractivity contribution in [2.75, 3.05) is 31.1 Å². The van der Waals surface area contributed by atoms with Gasteiger partial charge in [-0.05, 0) is 34.1 Å². The second kappa shape index (κ2) is 6.24. The van der Waals surface area contributed by atoms with Gasteiger partial charge in [-0.1, -0.05) is 18.2 Å². The van der Waals surface area contributed by atoms with E-state index in [1.807, 2.05) is 41.3 Å². The molecule has 1 fully saturated rings. The minimum Gasteiger partial charge on any atom is -0.353 e. The van der Waals surface area contributed by atoms with Crippen LogP contribution in [0.1, 0.15) is 10.5 Å². The van der Waals surface area contributed by atoms with Crippen LogP contribution in [0.4, 0.5) is 5.82 Å². The molecule has 122 valence electrons. The fraction of sp³-hybridized carbons (Fsp3) is 0.235. The zero-order chi connectivity index (χ0) is 16.5. The van der Waals surface area contributed by atoms with Gasteiger partial charge >= 0.3 is 0 Å². The van der Waals surface area contributed by atoms with E-state index in [1.165, 1.54) is 0 Å². The Labute approximate surface area is 147 Å². The summed E-state index contributed by atoms with van der Waals surface area (Å²) in [4.78, 5) is 21.2. The molecule has 1 amide bonds. The van der Waals surface area contributed by atoms with Gasteiger partial charge in [0.05, 0.1) is 5.52 Å². The quantitative estimate of drug-likeness (QED) is 0.736. The molecule has 0 radical (unpaired) electrons. The molecule has 2 aromatic heterocycles. The Morgan fingerprint density at radius 1 is 1.08 bits per heavy atom. The number of fused-ring (bicyclic) bond motifs is 1. The van der Waals surface area contributed by atoms with Gasteiger partial charge in [0.1, 0.15) is 5.82 Å². The Bertz CT molecular complexity index is 868. The molecule has 1 aromatic carbocycles. The van der Waals surface area contributed by atoms with Crippen molar-refractivity contribution in [3.8, 4) is 0 Å². The van der Waals surface area contributed by atoms with Gasteiger partial charge in [0, 0.05) is 42.2 Å². The normalized spacial score (nSPS) is 15.0. The number of nitrogens with one attached hydrogen (secondary N) is 1. The summed E-state index contributed by atoms with van der Waals surface area (Å²) >= 11 is 3.40. The zero-order valence-corrected chi connectivity index (χ0v) is 14.5. The van der Waals surface area contributed by atoms with Crippen LogP contribution in [0, 0.1) is 0 Å². The number of hydrogen-bond acceptors (Lipinski definition) is 4. The van der Waals surface area contributed by atoms with Crippen LogP contribution in [-0.4, -0.2) is 52.2 Å². The summed E-state index contributed by atoms with van der Waals surface area (Å²) in [5.74, 6) is 0.923. The molecule has 1 aliphatic heterocycles. The van der Waals surface area contributed by atoms with Crippen molar-refractivity contribution in [1.82, 2.24) is 20.1 Å². The highest BCUT2D eigenvalue weighted by Crippen LogP contribution is 2.20. The topological polar surface area (TPSA) is 65.1 Å². The molecule has 1 aliphatic rings. The van der Waals surface area contributed by atoms with Gasteiger partial charge in [-0.25, -0.2) is 4.98 Å². The van der Waals surface area contributed by atoms with E-state index in [9.17, 15) is 4.79 Å². The van der Waals surface area contributed by atoms with Crippen LogP contribution in [0.3, 0.4) is 0 Å². The predicted molar refractivity (Wildman–Crippen MR) is 96.1 cm³/mol. The highest BCUT2D eigenvalue weighted by atomic mass is 79.9. The first-order valence-electron chi connectivity index (χ1n) is 7.81.